The number of anilines is 1. The van der Waals surface area contributed by atoms with E-state index in [0.717, 1.165) is 23.4 Å². The Morgan fingerprint density at radius 1 is 1.20 bits per heavy atom. The maximum absolute atomic E-state index is 11.8. The number of hydrogen-bond donors (Lipinski definition) is 1. The fraction of sp³-hybridized carbons (Fsp3) is 0.188. The van der Waals surface area contributed by atoms with Crippen LogP contribution in [0.2, 0.25) is 0 Å². The Balaban J connectivity index is 1.56. The van der Waals surface area contributed by atoms with Crippen LogP contribution in [0.25, 0.3) is 0 Å². The molecule has 0 saturated carbocycles. The van der Waals surface area contributed by atoms with Gasteiger partial charge in [-0.05, 0) is 35.9 Å². The summed E-state index contributed by atoms with van der Waals surface area (Å²) in [5, 5.41) is 2.82. The van der Waals surface area contributed by atoms with E-state index in [1.807, 2.05) is 48.5 Å². The van der Waals surface area contributed by atoms with Crippen molar-refractivity contribution in [2.24, 2.45) is 0 Å². The quantitative estimate of drug-likeness (QED) is 0.928. The molecule has 0 radical (unpaired) electrons. The molecule has 20 heavy (non-hydrogen) atoms. The zero-order valence-electron chi connectivity index (χ0n) is 11.0. The molecule has 1 N–H and O–H groups in total. The van der Waals surface area contributed by atoms with Crippen LogP contribution in [0.1, 0.15) is 5.56 Å². The van der Waals surface area contributed by atoms with Crippen LogP contribution in [0.4, 0.5) is 5.69 Å². The highest BCUT2D eigenvalue weighted by Crippen LogP contribution is 2.27. The van der Waals surface area contributed by atoms with Crippen molar-refractivity contribution in [3.05, 3.63) is 54.1 Å². The summed E-state index contributed by atoms with van der Waals surface area (Å²) in [4.78, 5) is 11.8. The first-order valence-corrected chi connectivity index (χ1v) is 6.55. The summed E-state index contributed by atoms with van der Waals surface area (Å²) in [5.74, 6) is 1.42. The lowest BCUT2D eigenvalue weighted by molar-refractivity contribution is -0.118. The molecule has 2 aromatic rings. The van der Waals surface area contributed by atoms with E-state index in [1.54, 1.807) is 0 Å². The average Bonchev–Trinajstić information content (AvgIpc) is 2.94. The normalized spacial score (nSPS) is 12.4. The first-order valence-electron chi connectivity index (χ1n) is 6.55. The van der Waals surface area contributed by atoms with E-state index in [2.05, 4.69) is 5.32 Å². The lowest BCUT2D eigenvalue weighted by atomic mass is 10.1. The highest BCUT2D eigenvalue weighted by Gasteiger charge is 2.13. The number of hydrogen-bond acceptors (Lipinski definition) is 3. The second kappa shape index (κ2) is 5.65. The topological polar surface area (TPSA) is 47.6 Å². The summed E-state index contributed by atoms with van der Waals surface area (Å²) in [6.45, 7) is 0.710. The highest BCUT2D eigenvalue weighted by molar-refractivity contribution is 5.92. The first-order chi connectivity index (χ1) is 9.81. The van der Waals surface area contributed by atoms with Crippen LogP contribution in [0.5, 0.6) is 11.5 Å². The lowest BCUT2D eigenvalue weighted by Gasteiger charge is -2.08. The van der Waals surface area contributed by atoms with Crippen LogP contribution in [-0.4, -0.2) is 19.1 Å². The number of rotatable bonds is 4. The Morgan fingerprint density at radius 3 is 2.90 bits per heavy atom. The van der Waals surface area contributed by atoms with E-state index in [0.29, 0.717) is 12.4 Å². The number of amides is 1. The maximum atomic E-state index is 11.8. The van der Waals surface area contributed by atoms with E-state index < -0.39 is 0 Å². The van der Waals surface area contributed by atoms with Crippen LogP contribution in [0.3, 0.4) is 0 Å². The van der Waals surface area contributed by atoms with Crippen molar-refractivity contribution >= 4 is 11.6 Å². The molecule has 0 aliphatic carbocycles. The molecular weight excluding hydrogens is 254 g/mol. The molecule has 2 aromatic carbocycles. The molecule has 3 rings (SSSR count). The van der Waals surface area contributed by atoms with E-state index in [1.165, 1.54) is 0 Å². The molecule has 0 fully saturated rings. The fourth-order valence-electron chi connectivity index (χ4n) is 2.13. The molecule has 0 atom stereocenters. The number of para-hydroxylation sites is 1. The third-order valence-corrected chi connectivity index (χ3v) is 3.09. The number of carbonyl (C=O) groups excluding carboxylic acids is 1. The largest absolute Gasteiger partial charge is 0.493 e. The Kier molecular flexibility index (Phi) is 3.54. The Morgan fingerprint density at radius 2 is 2.05 bits per heavy atom. The van der Waals surface area contributed by atoms with E-state index in [4.69, 9.17) is 9.47 Å². The zero-order valence-corrected chi connectivity index (χ0v) is 11.0. The molecule has 1 aliphatic heterocycles. The van der Waals surface area contributed by atoms with Gasteiger partial charge in [-0.15, -0.1) is 0 Å². The molecule has 4 nitrogen and oxygen atoms in total. The van der Waals surface area contributed by atoms with Gasteiger partial charge in [0.05, 0.1) is 6.61 Å². The smallest absolute Gasteiger partial charge is 0.262 e. The van der Waals surface area contributed by atoms with E-state index in [9.17, 15) is 4.79 Å². The van der Waals surface area contributed by atoms with Crippen LogP contribution in [0.15, 0.2) is 48.5 Å². The van der Waals surface area contributed by atoms with Crippen molar-refractivity contribution in [1.82, 2.24) is 0 Å². The summed E-state index contributed by atoms with van der Waals surface area (Å²) in [5.41, 5.74) is 1.91. The van der Waals surface area contributed by atoms with Gasteiger partial charge in [0.2, 0.25) is 0 Å². The van der Waals surface area contributed by atoms with Crippen molar-refractivity contribution < 1.29 is 14.3 Å². The summed E-state index contributed by atoms with van der Waals surface area (Å²) < 4.78 is 10.8. The standard InChI is InChI=1S/C16H15NO3/c18-16(11-20-14-4-2-1-3-5-14)17-13-6-7-15-12(10-13)8-9-19-15/h1-7,10H,8-9,11H2,(H,17,18). The second-order valence-corrected chi connectivity index (χ2v) is 4.57. The molecule has 0 unspecified atom stereocenters. The van der Waals surface area contributed by atoms with Gasteiger partial charge in [0.1, 0.15) is 11.5 Å². The maximum Gasteiger partial charge on any atom is 0.262 e. The number of nitrogens with one attached hydrogen (secondary N) is 1. The summed E-state index contributed by atoms with van der Waals surface area (Å²) in [6.07, 6.45) is 0.888. The monoisotopic (exact) mass is 269 g/mol. The molecule has 1 heterocycles. The van der Waals surface area contributed by atoms with Gasteiger partial charge in [-0.3, -0.25) is 4.79 Å². The van der Waals surface area contributed by atoms with Crippen molar-refractivity contribution in [3.8, 4) is 11.5 Å². The van der Waals surface area contributed by atoms with Crippen LogP contribution in [-0.2, 0) is 11.2 Å². The van der Waals surface area contributed by atoms with E-state index >= 15 is 0 Å². The SMILES string of the molecule is O=C(COc1ccccc1)Nc1ccc2c(c1)CCO2. The predicted molar refractivity (Wildman–Crippen MR) is 76.2 cm³/mol. The van der Waals surface area contributed by atoms with Gasteiger partial charge in [-0.2, -0.15) is 0 Å². The molecule has 102 valence electrons. The minimum Gasteiger partial charge on any atom is -0.493 e. The fourth-order valence-corrected chi connectivity index (χ4v) is 2.13. The first kappa shape index (κ1) is 12.5. The minimum atomic E-state index is -0.173. The van der Waals surface area contributed by atoms with Crippen molar-refractivity contribution in [3.63, 3.8) is 0 Å². The van der Waals surface area contributed by atoms with Crippen molar-refractivity contribution in [1.29, 1.82) is 0 Å². The van der Waals surface area contributed by atoms with Gasteiger partial charge in [0.25, 0.3) is 5.91 Å². The summed E-state index contributed by atoms with van der Waals surface area (Å²) >= 11 is 0. The molecule has 4 heteroatoms. The van der Waals surface area contributed by atoms with Gasteiger partial charge in [-0.25, -0.2) is 0 Å². The lowest BCUT2D eigenvalue weighted by Crippen LogP contribution is -2.20. The minimum absolute atomic E-state index is 0.00238. The van der Waals surface area contributed by atoms with Gasteiger partial charge in [-0.1, -0.05) is 18.2 Å². The summed E-state index contributed by atoms with van der Waals surface area (Å²) in [6, 6.07) is 14.9. The second-order valence-electron chi connectivity index (χ2n) is 4.57. The van der Waals surface area contributed by atoms with Crippen LogP contribution >= 0.6 is 0 Å². The number of carbonyl (C=O) groups is 1. The number of fused-ring (bicyclic) bond motifs is 1. The molecule has 1 aliphatic rings. The molecule has 0 saturated heterocycles. The van der Waals surface area contributed by atoms with Gasteiger partial charge in [0, 0.05) is 12.1 Å². The van der Waals surface area contributed by atoms with Crippen LogP contribution < -0.4 is 14.8 Å². The van der Waals surface area contributed by atoms with Crippen LogP contribution in [0, 0.1) is 0 Å². The Labute approximate surface area is 117 Å². The van der Waals surface area contributed by atoms with Gasteiger partial charge < -0.3 is 14.8 Å². The molecule has 0 bridgehead atoms. The van der Waals surface area contributed by atoms with Gasteiger partial charge in [0.15, 0.2) is 6.61 Å². The average molecular weight is 269 g/mol. The van der Waals surface area contributed by atoms with Crippen molar-refractivity contribution in [2.75, 3.05) is 18.5 Å². The molecular formula is C16H15NO3. The number of ether oxygens (including phenoxy) is 2. The molecule has 0 spiro atoms. The Bertz CT molecular complexity index is 610. The third-order valence-electron chi connectivity index (χ3n) is 3.09. The van der Waals surface area contributed by atoms with Crippen molar-refractivity contribution in [2.45, 2.75) is 6.42 Å². The Hall–Kier alpha value is -2.49. The van der Waals surface area contributed by atoms with Gasteiger partial charge >= 0.3 is 0 Å². The molecule has 1 amide bonds. The number of benzene rings is 2. The third kappa shape index (κ3) is 2.91. The highest BCUT2D eigenvalue weighted by atomic mass is 16.5. The molecule has 0 aromatic heterocycles. The predicted octanol–water partition coefficient (Wildman–Crippen LogP) is 2.64. The summed E-state index contributed by atoms with van der Waals surface area (Å²) in [7, 11) is 0. The van der Waals surface area contributed by atoms with E-state index in [-0.39, 0.29) is 12.5 Å². The zero-order chi connectivity index (χ0) is 13.8.